The summed E-state index contributed by atoms with van der Waals surface area (Å²) in [6.07, 6.45) is 3.21. The summed E-state index contributed by atoms with van der Waals surface area (Å²) in [5.74, 6) is 1.04. The Hall–Kier alpha value is -2.90. The molecular weight excluding hydrogens is 428 g/mol. The highest BCUT2D eigenvalue weighted by molar-refractivity contribution is 5.93. The first-order chi connectivity index (χ1) is 16.1. The van der Waals surface area contributed by atoms with Gasteiger partial charge in [0.15, 0.2) is 5.69 Å². The highest BCUT2D eigenvalue weighted by Crippen LogP contribution is 2.24. The maximum Gasteiger partial charge on any atom is 0.274 e. The molecule has 0 spiro atoms. The minimum atomic E-state index is -0.138. The smallest absolute Gasteiger partial charge is 0.274 e. The Bertz CT molecular complexity index is 1020. The van der Waals surface area contributed by atoms with Crippen LogP contribution in [0.4, 0.5) is 0 Å². The van der Waals surface area contributed by atoms with Gasteiger partial charge in [-0.2, -0.15) is 0 Å². The second-order valence-electron chi connectivity index (χ2n) is 10.5. The molecule has 2 aromatic heterocycles. The average molecular weight is 467 g/mol. The van der Waals surface area contributed by atoms with E-state index < -0.39 is 0 Å². The predicted octanol–water partition coefficient (Wildman–Crippen LogP) is 3.66. The van der Waals surface area contributed by atoms with E-state index in [-0.39, 0.29) is 23.8 Å². The van der Waals surface area contributed by atoms with Gasteiger partial charge in [-0.25, -0.2) is 9.97 Å². The number of aromatic nitrogens is 4. The van der Waals surface area contributed by atoms with E-state index in [4.69, 9.17) is 0 Å². The normalized spacial score (nSPS) is 16.6. The van der Waals surface area contributed by atoms with Gasteiger partial charge in [0.2, 0.25) is 5.91 Å². The molecule has 1 unspecified atom stereocenters. The Morgan fingerprint density at radius 2 is 1.68 bits per heavy atom. The van der Waals surface area contributed by atoms with E-state index in [9.17, 15) is 9.59 Å². The van der Waals surface area contributed by atoms with Crippen LogP contribution in [-0.2, 0) is 17.6 Å². The number of hydrogen-bond donors (Lipinski definition) is 0. The van der Waals surface area contributed by atoms with Crippen molar-refractivity contribution in [2.45, 2.75) is 67.3 Å². The van der Waals surface area contributed by atoms with E-state index in [1.54, 1.807) is 18.2 Å². The fourth-order valence-electron chi connectivity index (χ4n) is 4.52. The second kappa shape index (κ2) is 11.0. The lowest BCUT2D eigenvalue weighted by atomic mass is 9.98. The van der Waals surface area contributed by atoms with Crippen molar-refractivity contribution in [3.8, 4) is 11.4 Å². The third kappa shape index (κ3) is 6.15. The molecule has 1 atom stereocenters. The SMILES string of the molecule is CC(=O)N1CCN(C(=O)c2cc(CC(C)C)c(-c3cc(CC(C)C)ncn3)nn2)CC1C(C)C. The van der Waals surface area contributed by atoms with Crippen LogP contribution in [-0.4, -0.2) is 67.5 Å². The Labute approximate surface area is 203 Å². The van der Waals surface area contributed by atoms with E-state index in [0.29, 0.717) is 42.9 Å². The first kappa shape index (κ1) is 25.7. The summed E-state index contributed by atoms with van der Waals surface area (Å²) in [6.45, 7) is 15.9. The summed E-state index contributed by atoms with van der Waals surface area (Å²) >= 11 is 0. The first-order valence-electron chi connectivity index (χ1n) is 12.3. The molecule has 184 valence electrons. The first-order valence-corrected chi connectivity index (χ1v) is 12.3. The zero-order valence-electron chi connectivity index (χ0n) is 21.6. The number of hydrogen-bond acceptors (Lipinski definition) is 6. The van der Waals surface area contributed by atoms with Crippen molar-refractivity contribution in [3.63, 3.8) is 0 Å². The fraction of sp³-hybridized carbons (Fsp3) is 0.615. The van der Waals surface area contributed by atoms with Gasteiger partial charge in [-0.15, -0.1) is 10.2 Å². The third-order valence-electron chi connectivity index (χ3n) is 6.18. The molecule has 1 aliphatic rings. The summed E-state index contributed by atoms with van der Waals surface area (Å²) < 4.78 is 0. The van der Waals surface area contributed by atoms with Crippen molar-refractivity contribution in [1.29, 1.82) is 0 Å². The van der Waals surface area contributed by atoms with Gasteiger partial charge in [0.1, 0.15) is 12.0 Å². The molecule has 3 rings (SSSR count). The molecule has 2 aromatic rings. The zero-order valence-corrected chi connectivity index (χ0v) is 21.6. The topological polar surface area (TPSA) is 92.2 Å². The number of piperazine rings is 1. The van der Waals surface area contributed by atoms with Crippen LogP contribution < -0.4 is 0 Å². The molecule has 1 saturated heterocycles. The quantitative estimate of drug-likeness (QED) is 0.618. The van der Waals surface area contributed by atoms with Gasteiger partial charge in [0.25, 0.3) is 5.91 Å². The van der Waals surface area contributed by atoms with E-state index in [0.717, 1.165) is 29.8 Å². The molecule has 0 aromatic carbocycles. The van der Waals surface area contributed by atoms with Crippen LogP contribution in [0.15, 0.2) is 18.5 Å². The average Bonchev–Trinajstić information content (AvgIpc) is 2.77. The number of carbonyl (C=O) groups excluding carboxylic acids is 2. The lowest BCUT2D eigenvalue weighted by Gasteiger charge is -2.42. The summed E-state index contributed by atoms with van der Waals surface area (Å²) in [5.41, 5.74) is 3.72. The molecule has 0 bridgehead atoms. The molecule has 0 saturated carbocycles. The van der Waals surface area contributed by atoms with Crippen molar-refractivity contribution in [2.75, 3.05) is 19.6 Å². The maximum atomic E-state index is 13.4. The predicted molar refractivity (Wildman–Crippen MR) is 132 cm³/mol. The highest BCUT2D eigenvalue weighted by atomic mass is 16.2. The van der Waals surface area contributed by atoms with Gasteiger partial charge < -0.3 is 9.80 Å². The Balaban J connectivity index is 1.90. The number of rotatable bonds is 7. The van der Waals surface area contributed by atoms with E-state index >= 15 is 0 Å². The van der Waals surface area contributed by atoms with E-state index in [1.807, 2.05) is 17.0 Å². The molecule has 8 heteroatoms. The molecular formula is C26H38N6O2. The van der Waals surface area contributed by atoms with Gasteiger partial charge in [0.05, 0.1) is 11.7 Å². The molecule has 0 aliphatic carbocycles. The van der Waals surface area contributed by atoms with Gasteiger partial charge in [0, 0.05) is 32.3 Å². The van der Waals surface area contributed by atoms with Crippen molar-refractivity contribution in [1.82, 2.24) is 30.0 Å². The monoisotopic (exact) mass is 466 g/mol. The molecule has 2 amide bonds. The summed E-state index contributed by atoms with van der Waals surface area (Å²) in [7, 11) is 0. The van der Waals surface area contributed by atoms with E-state index in [1.165, 1.54) is 0 Å². The number of carbonyl (C=O) groups is 2. The van der Waals surface area contributed by atoms with Gasteiger partial charge >= 0.3 is 0 Å². The molecule has 8 nitrogen and oxygen atoms in total. The largest absolute Gasteiger partial charge is 0.336 e. The minimum Gasteiger partial charge on any atom is -0.336 e. The van der Waals surface area contributed by atoms with Crippen LogP contribution in [0.5, 0.6) is 0 Å². The lowest BCUT2D eigenvalue weighted by Crippen LogP contribution is -2.58. The molecule has 0 radical (unpaired) electrons. The lowest BCUT2D eigenvalue weighted by molar-refractivity contribution is -0.134. The Morgan fingerprint density at radius 1 is 0.971 bits per heavy atom. The van der Waals surface area contributed by atoms with Gasteiger partial charge in [-0.3, -0.25) is 9.59 Å². The van der Waals surface area contributed by atoms with Crippen molar-refractivity contribution in [3.05, 3.63) is 35.4 Å². The molecule has 0 N–H and O–H groups in total. The van der Waals surface area contributed by atoms with E-state index in [2.05, 4.69) is 61.7 Å². The number of nitrogens with zero attached hydrogens (tertiary/aromatic N) is 6. The van der Waals surface area contributed by atoms with Gasteiger partial charge in [-0.1, -0.05) is 41.5 Å². The molecule has 34 heavy (non-hydrogen) atoms. The fourth-order valence-corrected chi connectivity index (χ4v) is 4.52. The molecule has 1 aliphatic heterocycles. The maximum absolute atomic E-state index is 13.4. The van der Waals surface area contributed by atoms with Crippen LogP contribution in [0.3, 0.4) is 0 Å². The summed E-state index contributed by atoms with van der Waals surface area (Å²) in [4.78, 5) is 38.0. The van der Waals surface area contributed by atoms with Crippen LogP contribution in [0.25, 0.3) is 11.4 Å². The standard InChI is InChI=1S/C26H38N6O2/c1-16(2)10-20-12-23(26(34)31-8-9-32(19(7)33)24(14-31)18(5)6)29-30-25(20)22-13-21(11-17(3)4)27-15-28-22/h12-13,15-18,24H,8-11,14H2,1-7H3. The van der Waals surface area contributed by atoms with Crippen molar-refractivity contribution >= 4 is 11.8 Å². The number of amides is 2. The van der Waals surface area contributed by atoms with Gasteiger partial charge in [-0.05, 0) is 48.3 Å². The highest BCUT2D eigenvalue weighted by Gasteiger charge is 2.34. The zero-order chi connectivity index (χ0) is 25.0. The van der Waals surface area contributed by atoms with Crippen LogP contribution >= 0.6 is 0 Å². The molecule has 3 heterocycles. The Kier molecular flexibility index (Phi) is 8.33. The Morgan fingerprint density at radius 3 is 2.29 bits per heavy atom. The van der Waals surface area contributed by atoms with Crippen LogP contribution in [0.2, 0.25) is 0 Å². The minimum absolute atomic E-state index is 0.00189. The molecule has 1 fully saturated rings. The summed E-state index contributed by atoms with van der Waals surface area (Å²) in [5, 5.41) is 8.81. The van der Waals surface area contributed by atoms with Crippen molar-refractivity contribution < 1.29 is 9.59 Å². The second-order valence-corrected chi connectivity index (χ2v) is 10.5. The summed E-state index contributed by atoms with van der Waals surface area (Å²) in [6, 6.07) is 3.85. The van der Waals surface area contributed by atoms with Crippen LogP contribution in [0, 0.1) is 17.8 Å². The van der Waals surface area contributed by atoms with Crippen molar-refractivity contribution in [2.24, 2.45) is 17.8 Å². The third-order valence-corrected chi connectivity index (χ3v) is 6.18. The van der Waals surface area contributed by atoms with Crippen LogP contribution in [0.1, 0.15) is 70.2 Å².